The molecule has 0 radical (unpaired) electrons. The molecular formula is C22H25NO3. The Bertz CT molecular complexity index is 776. The Kier molecular flexibility index (Phi) is 4.35. The average molecular weight is 351 g/mol. The molecule has 2 fully saturated rings. The number of rotatable bonds is 4. The van der Waals surface area contributed by atoms with Gasteiger partial charge in [-0.05, 0) is 54.8 Å². The lowest BCUT2D eigenvalue weighted by atomic mass is 9.60. The van der Waals surface area contributed by atoms with E-state index in [-0.39, 0.29) is 17.4 Å². The largest absolute Gasteiger partial charge is 0.497 e. The molecule has 0 bridgehead atoms. The molecule has 136 valence electrons. The van der Waals surface area contributed by atoms with Crippen LogP contribution in [0.4, 0.5) is 5.69 Å². The van der Waals surface area contributed by atoms with Crippen LogP contribution in [0.25, 0.3) is 0 Å². The maximum absolute atomic E-state index is 13.3. The fourth-order valence-electron chi connectivity index (χ4n) is 4.59. The van der Waals surface area contributed by atoms with Gasteiger partial charge in [0.05, 0.1) is 25.7 Å². The number of carbonyl (C=O) groups is 1. The first kappa shape index (κ1) is 17.0. The Morgan fingerprint density at radius 2 is 1.38 bits per heavy atom. The first-order valence-electron chi connectivity index (χ1n) is 9.31. The second-order valence-electron chi connectivity index (χ2n) is 7.27. The minimum Gasteiger partial charge on any atom is -0.497 e. The molecule has 1 spiro atoms. The highest BCUT2D eigenvalue weighted by Crippen LogP contribution is 2.59. The molecule has 4 rings (SSSR count). The maximum atomic E-state index is 13.3. The summed E-state index contributed by atoms with van der Waals surface area (Å²) in [4.78, 5) is 15.2. The molecule has 1 unspecified atom stereocenters. The number of ether oxygens (including phenoxy) is 2. The fourth-order valence-corrected chi connectivity index (χ4v) is 4.59. The first-order valence-corrected chi connectivity index (χ1v) is 9.31. The van der Waals surface area contributed by atoms with Crippen LogP contribution in [-0.4, -0.2) is 20.1 Å². The quantitative estimate of drug-likeness (QED) is 0.747. The van der Waals surface area contributed by atoms with Crippen molar-refractivity contribution in [2.45, 2.75) is 38.1 Å². The molecule has 4 nitrogen and oxygen atoms in total. The van der Waals surface area contributed by atoms with Gasteiger partial charge in [-0.1, -0.05) is 31.4 Å². The van der Waals surface area contributed by atoms with E-state index in [9.17, 15) is 4.79 Å². The zero-order chi connectivity index (χ0) is 18.1. The first-order chi connectivity index (χ1) is 12.7. The number of β-lactam (4-membered cyclic amide) rings is 1. The van der Waals surface area contributed by atoms with Gasteiger partial charge >= 0.3 is 0 Å². The van der Waals surface area contributed by atoms with Gasteiger partial charge in [0, 0.05) is 5.69 Å². The van der Waals surface area contributed by atoms with Crippen LogP contribution < -0.4 is 14.4 Å². The summed E-state index contributed by atoms with van der Waals surface area (Å²) in [6, 6.07) is 16.0. The fraction of sp³-hybridized carbons (Fsp3) is 0.409. The van der Waals surface area contributed by atoms with E-state index in [1.165, 1.54) is 12.0 Å². The zero-order valence-electron chi connectivity index (χ0n) is 15.4. The molecule has 1 heterocycles. The smallest absolute Gasteiger partial charge is 0.236 e. The van der Waals surface area contributed by atoms with Gasteiger partial charge in [-0.2, -0.15) is 0 Å². The Labute approximate surface area is 154 Å². The van der Waals surface area contributed by atoms with Crippen molar-refractivity contribution in [3.8, 4) is 11.5 Å². The third kappa shape index (κ3) is 2.56. The number of methoxy groups -OCH3 is 2. The van der Waals surface area contributed by atoms with E-state index in [1.54, 1.807) is 14.2 Å². The summed E-state index contributed by atoms with van der Waals surface area (Å²) in [7, 11) is 3.33. The lowest BCUT2D eigenvalue weighted by Crippen LogP contribution is -2.64. The highest BCUT2D eigenvalue weighted by Gasteiger charge is 2.61. The van der Waals surface area contributed by atoms with E-state index in [4.69, 9.17) is 9.47 Å². The van der Waals surface area contributed by atoms with Crippen molar-refractivity contribution >= 4 is 11.6 Å². The molecular weight excluding hydrogens is 326 g/mol. The number of anilines is 1. The third-order valence-corrected chi connectivity index (χ3v) is 5.95. The molecule has 1 amide bonds. The summed E-state index contributed by atoms with van der Waals surface area (Å²) in [5.74, 6) is 1.91. The van der Waals surface area contributed by atoms with Crippen LogP contribution in [0.2, 0.25) is 0 Å². The van der Waals surface area contributed by atoms with Gasteiger partial charge in [-0.25, -0.2) is 0 Å². The second kappa shape index (κ2) is 6.67. The summed E-state index contributed by atoms with van der Waals surface area (Å²) in [5.41, 5.74) is 1.88. The average Bonchev–Trinajstić information content (AvgIpc) is 2.72. The van der Waals surface area contributed by atoms with Crippen LogP contribution in [0, 0.1) is 5.41 Å². The highest BCUT2D eigenvalue weighted by molar-refractivity contribution is 6.06. The van der Waals surface area contributed by atoms with E-state index in [0.717, 1.165) is 42.9 Å². The van der Waals surface area contributed by atoms with Crippen LogP contribution in [-0.2, 0) is 4.79 Å². The van der Waals surface area contributed by atoms with Crippen LogP contribution in [0.1, 0.15) is 43.7 Å². The number of carbonyl (C=O) groups excluding carboxylic acids is 1. The number of nitrogens with zero attached hydrogens (tertiary/aromatic N) is 1. The number of benzene rings is 2. The minimum atomic E-state index is -0.243. The van der Waals surface area contributed by atoms with Gasteiger partial charge < -0.3 is 14.4 Å². The van der Waals surface area contributed by atoms with Gasteiger partial charge in [0.25, 0.3) is 0 Å². The highest BCUT2D eigenvalue weighted by atomic mass is 16.5. The Morgan fingerprint density at radius 1 is 0.846 bits per heavy atom. The van der Waals surface area contributed by atoms with Crippen molar-refractivity contribution in [1.82, 2.24) is 0 Å². The predicted molar refractivity (Wildman–Crippen MR) is 102 cm³/mol. The summed E-state index contributed by atoms with van der Waals surface area (Å²) in [5, 5.41) is 0. The Balaban J connectivity index is 1.72. The van der Waals surface area contributed by atoms with Crippen molar-refractivity contribution in [1.29, 1.82) is 0 Å². The Hall–Kier alpha value is -2.49. The van der Waals surface area contributed by atoms with Crippen molar-refractivity contribution in [2.24, 2.45) is 5.41 Å². The van der Waals surface area contributed by atoms with E-state index in [1.807, 2.05) is 41.3 Å². The van der Waals surface area contributed by atoms with E-state index < -0.39 is 0 Å². The van der Waals surface area contributed by atoms with Crippen molar-refractivity contribution in [2.75, 3.05) is 19.1 Å². The van der Waals surface area contributed by atoms with Crippen LogP contribution >= 0.6 is 0 Å². The molecule has 1 aliphatic carbocycles. The minimum absolute atomic E-state index is 0.0922. The summed E-state index contributed by atoms with van der Waals surface area (Å²) < 4.78 is 10.6. The Morgan fingerprint density at radius 3 is 1.92 bits per heavy atom. The van der Waals surface area contributed by atoms with Gasteiger partial charge in [0.1, 0.15) is 11.5 Å². The third-order valence-electron chi connectivity index (χ3n) is 5.95. The van der Waals surface area contributed by atoms with Crippen LogP contribution in [0.3, 0.4) is 0 Å². The van der Waals surface area contributed by atoms with Crippen LogP contribution in [0.15, 0.2) is 48.5 Å². The number of amides is 1. The molecule has 1 aliphatic heterocycles. The lowest BCUT2D eigenvalue weighted by molar-refractivity contribution is -0.143. The van der Waals surface area contributed by atoms with Crippen LogP contribution in [0.5, 0.6) is 11.5 Å². The second-order valence-corrected chi connectivity index (χ2v) is 7.27. The summed E-state index contributed by atoms with van der Waals surface area (Å²) in [6.45, 7) is 0. The van der Waals surface area contributed by atoms with E-state index >= 15 is 0 Å². The number of hydrogen-bond acceptors (Lipinski definition) is 3. The molecule has 26 heavy (non-hydrogen) atoms. The number of hydrogen-bond donors (Lipinski definition) is 0. The molecule has 2 aliphatic rings. The molecule has 1 atom stereocenters. The summed E-state index contributed by atoms with van der Waals surface area (Å²) >= 11 is 0. The van der Waals surface area contributed by atoms with E-state index in [2.05, 4.69) is 12.1 Å². The molecule has 4 heteroatoms. The lowest BCUT2D eigenvalue weighted by Gasteiger charge is -2.58. The maximum Gasteiger partial charge on any atom is 0.236 e. The molecule has 2 aromatic carbocycles. The predicted octanol–water partition coefficient (Wildman–Crippen LogP) is 4.74. The SMILES string of the molecule is COc1ccc(C2N(c3ccc(OC)cc3)C(=O)C23CCCCC3)cc1. The van der Waals surface area contributed by atoms with Crippen molar-refractivity contribution < 1.29 is 14.3 Å². The topological polar surface area (TPSA) is 38.8 Å². The molecule has 1 saturated heterocycles. The molecule has 0 aromatic heterocycles. The monoisotopic (exact) mass is 351 g/mol. The van der Waals surface area contributed by atoms with Gasteiger partial charge in [0.15, 0.2) is 0 Å². The normalized spacial score (nSPS) is 21.4. The van der Waals surface area contributed by atoms with Crippen molar-refractivity contribution in [3.05, 3.63) is 54.1 Å². The zero-order valence-corrected chi connectivity index (χ0v) is 15.4. The van der Waals surface area contributed by atoms with E-state index in [0.29, 0.717) is 0 Å². The van der Waals surface area contributed by atoms with Gasteiger partial charge in [0.2, 0.25) is 5.91 Å². The van der Waals surface area contributed by atoms with Crippen molar-refractivity contribution in [3.63, 3.8) is 0 Å². The molecule has 0 N–H and O–H groups in total. The molecule has 1 saturated carbocycles. The van der Waals surface area contributed by atoms with Gasteiger partial charge in [-0.3, -0.25) is 4.79 Å². The molecule has 2 aromatic rings. The van der Waals surface area contributed by atoms with Gasteiger partial charge in [-0.15, -0.1) is 0 Å². The summed E-state index contributed by atoms with van der Waals surface area (Å²) in [6.07, 6.45) is 5.46. The standard InChI is InChI=1S/C22H25NO3/c1-25-18-10-6-16(7-11-18)20-22(14-4-3-5-15-22)21(24)23(20)17-8-12-19(26-2)13-9-17/h6-13,20H,3-5,14-15H2,1-2H3.